The Morgan fingerprint density at radius 1 is 1.48 bits per heavy atom. The zero-order chi connectivity index (χ0) is 18.4. The van der Waals surface area contributed by atoms with E-state index in [1.807, 2.05) is 6.19 Å². The molecular weight excluding hydrogens is 360 g/mol. The van der Waals surface area contributed by atoms with E-state index in [1.54, 1.807) is 23.1 Å². The monoisotopic (exact) mass is 384 g/mol. The maximum atomic E-state index is 12.7. The molecule has 1 saturated heterocycles. The molecule has 1 aromatic carbocycles. The van der Waals surface area contributed by atoms with Gasteiger partial charge in [0.25, 0.3) is 0 Å². The van der Waals surface area contributed by atoms with E-state index in [-0.39, 0.29) is 16.0 Å². The van der Waals surface area contributed by atoms with E-state index >= 15 is 0 Å². The quantitative estimate of drug-likeness (QED) is 0.673. The number of hydrogen-bond acceptors (Lipinski definition) is 5. The molecule has 0 radical (unpaired) electrons. The molecule has 0 bridgehead atoms. The highest BCUT2D eigenvalue weighted by atomic mass is 35.5. The number of rotatable bonds is 8. The van der Waals surface area contributed by atoms with E-state index in [9.17, 15) is 8.42 Å². The largest absolute Gasteiger partial charge is 0.385 e. The molecule has 1 aliphatic heterocycles. The lowest BCUT2D eigenvalue weighted by atomic mass is 10.1. The molecule has 2 rings (SSSR count). The number of nitrogens with zero attached hydrogens (tertiary/aromatic N) is 2. The van der Waals surface area contributed by atoms with Crippen LogP contribution in [0.2, 0.25) is 5.02 Å². The van der Waals surface area contributed by atoms with Crippen molar-refractivity contribution in [2.24, 2.45) is 5.92 Å². The van der Waals surface area contributed by atoms with Crippen LogP contribution >= 0.6 is 11.6 Å². The minimum atomic E-state index is -3.74. The molecule has 0 aromatic heterocycles. The second-order valence-corrected chi connectivity index (χ2v) is 8.66. The Morgan fingerprint density at radius 2 is 2.24 bits per heavy atom. The number of anilines is 1. The van der Waals surface area contributed by atoms with E-state index in [0.29, 0.717) is 25.4 Å². The molecule has 138 valence electrons. The second kappa shape index (κ2) is 8.75. The summed E-state index contributed by atoms with van der Waals surface area (Å²) in [5.74, 6) is 0.509. The summed E-state index contributed by atoms with van der Waals surface area (Å²) in [4.78, 5) is 1.61. The molecule has 2 atom stereocenters. The van der Waals surface area contributed by atoms with Crippen molar-refractivity contribution >= 4 is 27.3 Å². The van der Waals surface area contributed by atoms with Gasteiger partial charge < -0.3 is 10.2 Å². The van der Waals surface area contributed by atoms with Crippen molar-refractivity contribution < 1.29 is 8.42 Å². The van der Waals surface area contributed by atoms with Crippen molar-refractivity contribution in [1.29, 1.82) is 5.26 Å². The van der Waals surface area contributed by atoms with Crippen LogP contribution in [0.1, 0.15) is 33.1 Å². The minimum absolute atomic E-state index is 0.0673. The summed E-state index contributed by atoms with van der Waals surface area (Å²) in [6.45, 7) is 6.04. The molecule has 1 aliphatic rings. The summed E-state index contributed by atoms with van der Waals surface area (Å²) in [5, 5.41) is 12.4. The maximum absolute atomic E-state index is 12.7. The van der Waals surface area contributed by atoms with Gasteiger partial charge in [0.1, 0.15) is 4.90 Å². The molecule has 1 fully saturated rings. The Morgan fingerprint density at radius 3 is 2.88 bits per heavy atom. The molecular formula is C17H25ClN4O2S. The fourth-order valence-corrected chi connectivity index (χ4v) is 4.72. The molecule has 1 heterocycles. The van der Waals surface area contributed by atoms with Gasteiger partial charge in [0.15, 0.2) is 6.19 Å². The predicted molar refractivity (Wildman–Crippen MR) is 99.9 cm³/mol. The molecule has 0 saturated carbocycles. The normalized spacial score (nSPS) is 18.8. The third-order valence-corrected chi connectivity index (χ3v) is 6.31. The summed E-state index contributed by atoms with van der Waals surface area (Å²) < 4.78 is 28.0. The smallest absolute Gasteiger partial charge is 0.242 e. The second-order valence-electron chi connectivity index (χ2n) is 6.57. The highest BCUT2D eigenvalue weighted by Gasteiger charge is 2.28. The maximum Gasteiger partial charge on any atom is 0.242 e. The van der Waals surface area contributed by atoms with Crippen molar-refractivity contribution in [2.45, 2.75) is 44.0 Å². The molecule has 25 heavy (non-hydrogen) atoms. The Balaban J connectivity index is 2.09. The van der Waals surface area contributed by atoms with Crippen LogP contribution in [0.25, 0.3) is 0 Å². The Labute approximate surface area is 155 Å². The number of halogens is 1. The predicted octanol–water partition coefficient (Wildman–Crippen LogP) is 3.02. The zero-order valence-electron chi connectivity index (χ0n) is 14.6. The fraction of sp³-hybridized carbons (Fsp3) is 0.588. The van der Waals surface area contributed by atoms with E-state index in [0.717, 1.165) is 25.1 Å². The van der Waals surface area contributed by atoms with Crippen molar-refractivity contribution in [2.75, 3.05) is 25.0 Å². The van der Waals surface area contributed by atoms with Crippen LogP contribution in [0, 0.1) is 17.4 Å². The summed E-state index contributed by atoms with van der Waals surface area (Å²) >= 11 is 6.12. The lowest BCUT2D eigenvalue weighted by molar-refractivity contribution is 0.470. The van der Waals surface area contributed by atoms with E-state index in [1.165, 1.54) is 0 Å². The van der Waals surface area contributed by atoms with Crippen molar-refractivity contribution in [3.05, 3.63) is 23.2 Å². The van der Waals surface area contributed by atoms with Crippen LogP contribution in [-0.2, 0) is 10.0 Å². The first-order valence-electron chi connectivity index (χ1n) is 8.56. The van der Waals surface area contributed by atoms with E-state index in [4.69, 9.17) is 16.9 Å². The molecule has 0 amide bonds. The highest BCUT2D eigenvalue weighted by molar-refractivity contribution is 7.89. The summed E-state index contributed by atoms with van der Waals surface area (Å²) in [5.41, 5.74) is 0.734. The first kappa shape index (κ1) is 19.8. The number of nitrogens with one attached hydrogen (secondary N) is 2. The van der Waals surface area contributed by atoms with Crippen LogP contribution in [0.4, 0.5) is 5.69 Å². The number of hydrogen-bond donors (Lipinski definition) is 2. The van der Waals surface area contributed by atoms with Gasteiger partial charge in [0, 0.05) is 31.4 Å². The average Bonchev–Trinajstić information content (AvgIpc) is 3.01. The van der Waals surface area contributed by atoms with Gasteiger partial charge >= 0.3 is 0 Å². The molecule has 6 nitrogen and oxygen atoms in total. The van der Waals surface area contributed by atoms with Crippen molar-refractivity contribution in [1.82, 2.24) is 9.62 Å². The van der Waals surface area contributed by atoms with E-state index in [2.05, 4.69) is 23.9 Å². The van der Waals surface area contributed by atoms with Gasteiger partial charge in [-0.2, -0.15) is 5.26 Å². The van der Waals surface area contributed by atoms with Crippen LogP contribution < -0.4 is 10.0 Å². The summed E-state index contributed by atoms with van der Waals surface area (Å²) in [7, 11) is -3.74. The van der Waals surface area contributed by atoms with Gasteiger partial charge in [-0.3, -0.25) is 0 Å². The first-order valence-corrected chi connectivity index (χ1v) is 10.4. The molecule has 2 unspecified atom stereocenters. The topological polar surface area (TPSA) is 85.2 Å². The third kappa shape index (κ3) is 5.50. The molecule has 2 N–H and O–H groups in total. The Bertz CT molecular complexity index is 733. The van der Waals surface area contributed by atoms with Gasteiger partial charge in [-0.15, -0.1) is 0 Å². The zero-order valence-corrected chi connectivity index (χ0v) is 16.2. The summed E-state index contributed by atoms with van der Waals surface area (Å²) in [6.07, 6.45) is 4.88. The van der Waals surface area contributed by atoms with Gasteiger partial charge in [-0.05, 0) is 37.0 Å². The average molecular weight is 385 g/mol. The number of sulfonamides is 1. The van der Waals surface area contributed by atoms with Crippen LogP contribution in [0.3, 0.4) is 0 Å². The molecule has 0 spiro atoms. The van der Waals surface area contributed by atoms with Crippen LogP contribution in [0.15, 0.2) is 23.1 Å². The van der Waals surface area contributed by atoms with E-state index < -0.39 is 10.0 Å². The standard InChI is InChI=1S/C17H25ClN4O2S/c1-3-4-13(2)10-20-14-5-6-16(18)17(9-14)25(23,24)21-15-7-8-22(11-15)12-19/h5-6,9,13,15,20-21H,3-4,7-8,10-11H2,1-2H3. The SMILES string of the molecule is CCCC(C)CNc1ccc(Cl)c(S(=O)(=O)NC2CCN(C#N)C2)c1. The van der Waals surface area contributed by atoms with Gasteiger partial charge in [-0.1, -0.05) is 31.9 Å². The third-order valence-electron chi connectivity index (χ3n) is 4.31. The number of nitriles is 1. The first-order chi connectivity index (χ1) is 11.9. The van der Waals surface area contributed by atoms with Gasteiger partial charge in [0.2, 0.25) is 10.0 Å². The molecule has 1 aromatic rings. The molecule has 0 aliphatic carbocycles. The molecule has 8 heteroatoms. The highest BCUT2D eigenvalue weighted by Crippen LogP contribution is 2.26. The lowest BCUT2D eigenvalue weighted by Gasteiger charge is -2.16. The van der Waals surface area contributed by atoms with Crippen molar-refractivity contribution in [3.8, 4) is 6.19 Å². The van der Waals surface area contributed by atoms with Gasteiger partial charge in [0.05, 0.1) is 5.02 Å². The number of likely N-dealkylation sites (tertiary alicyclic amines) is 1. The van der Waals surface area contributed by atoms with Crippen LogP contribution in [-0.4, -0.2) is 39.0 Å². The minimum Gasteiger partial charge on any atom is -0.385 e. The van der Waals surface area contributed by atoms with Crippen LogP contribution in [0.5, 0.6) is 0 Å². The fourth-order valence-electron chi connectivity index (χ4n) is 2.94. The van der Waals surface area contributed by atoms with Gasteiger partial charge in [-0.25, -0.2) is 13.1 Å². The number of benzene rings is 1. The lowest BCUT2D eigenvalue weighted by Crippen LogP contribution is -2.36. The summed E-state index contributed by atoms with van der Waals surface area (Å²) in [6, 6.07) is 4.67. The Hall–Kier alpha value is -1.49. The van der Waals surface area contributed by atoms with Crippen molar-refractivity contribution in [3.63, 3.8) is 0 Å². The Kier molecular flexibility index (Phi) is 6.94.